The second-order valence-electron chi connectivity index (χ2n) is 8.95. The molecule has 1 amide bonds. The van der Waals surface area contributed by atoms with Gasteiger partial charge >= 0.3 is 5.97 Å². The van der Waals surface area contributed by atoms with Gasteiger partial charge < -0.3 is 19.9 Å². The van der Waals surface area contributed by atoms with Gasteiger partial charge in [-0.25, -0.2) is 4.79 Å². The summed E-state index contributed by atoms with van der Waals surface area (Å²) in [4.78, 5) is 23.9. The van der Waals surface area contributed by atoms with Gasteiger partial charge in [-0.3, -0.25) is 4.79 Å². The van der Waals surface area contributed by atoms with E-state index in [2.05, 4.69) is 5.32 Å². The molecule has 0 unspecified atom stereocenters. The quantitative estimate of drug-likeness (QED) is 0.360. The first kappa shape index (κ1) is 26.1. The third-order valence-electron chi connectivity index (χ3n) is 5.28. The van der Waals surface area contributed by atoms with Gasteiger partial charge in [-0.1, -0.05) is 48.0 Å². The molecule has 0 bridgehead atoms. The molecule has 3 rings (SSSR count). The topological polar surface area (TPSA) is 84.9 Å². The van der Waals surface area contributed by atoms with Crippen LogP contribution in [0.2, 0.25) is 5.02 Å². The van der Waals surface area contributed by atoms with E-state index >= 15 is 0 Å². The fourth-order valence-electron chi connectivity index (χ4n) is 3.37. The molecule has 6 nitrogen and oxygen atoms in total. The zero-order valence-corrected chi connectivity index (χ0v) is 21.1. The van der Waals surface area contributed by atoms with Gasteiger partial charge in [-0.05, 0) is 81.1 Å². The third kappa shape index (κ3) is 7.23. The molecule has 0 aromatic heterocycles. The van der Waals surface area contributed by atoms with Gasteiger partial charge in [0.05, 0.1) is 11.7 Å². The average Bonchev–Trinajstić information content (AvgIpc) is 2.80. The summed E-state index contributed by atoms with van der Waals surface area (Å²) in [5, 5.41) is 12.6. The number of halogens is 1. The van der Waals surface area contributed by atoms with Gasteiger partial charge in [0.2, 0.25) is 0 Å². The largest absolute Gasteiger partial charge is 0.490 e. The fraction of sp³-hybridized carbons (Fsp3) is 0.286. The number of amides is 1. The Bertz CT molecular complexity index is 1170. The Hall–Kier alpha value is -3.51. The molecular formula is C28H30ClNO5. The summed E-state index contributed by atoms with van der Waals surface area (Å²) in [5.41, 5.74) is 2.22. The molecule has 0 atom stereocenters. The van der Waals surface area contributed by atoms with E-state index < -0.39 is 11.6 Å². The smallest absolute Gasteiger partial charge is 0.347 e. The first-order chi connectivity index (χ1) is 16.5. The van der Waals surface area contributed by atoms with Crippen molar-refractivity contribution in [2.75, 3.05) is 6.54 Å². The Morgan fingerprint density at radius 2 is 1.57 bits per heavy atom. The predicted molar refractivity (Wildman–Crippen MR) is 137 cm³/mol. The summed E-state index contributed by atoms with van der Waals surface area (Å²) in [6, 6.07) is 20.4. The molecular weight excluding hydrogens is 466 g/mol. The number of hydrogen-bond acceptors (Lipinski definition) is 4. The maximum Gasteiger partial charge on any atom is 0.347 e. The second-order valence-corrected chi connectivity index (χ2v) is 9.39. The van der Waals surface area contributed by atoms with Gasteiger partial charge in [-0.2, -0.15) is 0 Å². The van der Waals surface area contributed by atoms with E-state index in [1.165, 1.54) is 13.8 Å². The summed E-state index contributed by atoms with van der Waals surface area (Å²) in [6.07, 6.45) is 0.617. The minimum Gasteiger partial charge on any atom is -0.490 e. The van der Waals surface area contributed by atoms with E-state index in [4.69, 9.17) is 21.1 Å². The number of ether oxygens (including phenoxy) is 2. The molecule has 0 saturated carbocycles. The van der Waals surface area contributed by atoms with Gasteiger partial charge in [0.1, 0.15) is 11.5 Å². The van der Waals surface area contributed by atoms with Gasteiger partial charge in [-0.15, -0.1) is 0 Å². The molecule has 0 aliphatic rings. The van der Waals surface area contributed by atoms with Crippen molar-refractivity contribution in [1.29, 1.82) is 0 Å². The van der Waals surface area contributed by atoms with Crippen LogP contribution in [0.5, 0.6) is 11.5 Å². The lowest BCUT2D eigenvalue weighted by Gasteiger charge is -2.21. The molecule has 35 heavy (non-hydrogen) atoms. The van der Waals surface area contributed by atoms with E-state index in [0.717, 1.165) is 16.7 Å². The summed E-state index contributed by atoms with van der Waals surface area (Å²) in [6.45, 7) is 7.30. The monoisotopic (exact) mass is 495 g/mol. The number of carboxylic acid groups (broad SMARTS) is 1. The lowest BCUT2D eigenvalue weighted by Crippen LogP contribution is -2.37. The summed E-state index contributed by atoms with van der Waals surface area (Å²) >= 11 is 6.08. The Labute approximate surface area is 210 Å². The Balaban J connectivity index is 1.57. The number of nitrogens with one attached hydrogen (secondary N) is 1. The minimum absolute atomic E-state index is 0.0541. The predicted octanol–water partition coefficient (Wildman–Crippen LogP) is 6.01. The Morgan fingerprint density at radius 3 is 2.14 bits per heavy atom. The highest BCUT2D eigenvalue weighted by atomic mass is 35.5. The average molecular weight is 496 g/mol. The third-order valence-corrected chi connectivity index (χ3v) is 5.51. The van der Waals surface area contributed by atoms with Crippen molar-refractivity contribution in [3.63, 3.8) is 0 Å². The number of carboxylic acids is 1. The number of carbonyl (C=O) groups excluding carboxylic acids is 1. The first-order valence-corrected chi connectivity index (χ1v) is 11.8. The van der Waals surface area contributed by atoms with Crippen molar-refractivity contribution in [3.8, 4) is 22.6 Å². The van der Waals surface area contributed by atoms with E-state index in [1.54, 1.807) is 30.3 Å². The number of rotatable bonds is 10. The van der Waals surface area contributed by atoms with E-state index in [-0.39, 0.29) is 12.0 Å². The van der Waals surface area contributed by atoms with Crippen LogP contribution >= 0.6 is 11.6 Å². The highest BCUT2D eigenvalue weighted by molar-refractivity contribution is 6.31. The van der Waals surface area contributed by atoms with Crippen LogP contribution in [0.25, 0.3) is 11.1 Å². The van der Waals surface area contributed by atoms with Gasteiger partial charge in [0.25, 0.3) is 5.91 Å². The second kappa shape index (κ2) is 11.3. The molecule has 7 heteroatoms. The normalized spacial score (nSPS) is 11.3. The van der Waals surface area contributed by atoms with Crippen molar-refractivity contribution in [1.82, 2.24) is 5.32 Å². The van der Waals surface area contributed by atoms with Crippen LogP contribution in [0.4, 0.5) is 0 Å². The van der Waals surface area contributed by atoms with Crippen LogP contribution in [-0.2, 0) is 11.2 Å². The van der Waals surface area contributed by atoms with Crippen LogP contribution < -0.4 is 14.8 Å². The first-order valence-electron chi connectivity index (χ1n) is 11.4. The van der Waals surface area contributed by atoms with Crippen molar-refractivity contribution in [2.45, 2.75) is 45.8 Å². The molecule has 0 heterocycles. The zero-order chi connectivity index (χ0) is 25.6. The maximum atomic E-state index is 12.7. The van der Waals surface area contributed by atoms with E-state index in [9.17, 15) is 14.7 Å². The van der Waals surface area contributed by atoms with Crippen LogP contribution in [0, 0.1) is 0 Å². The molecule has 3 aromatic rings. The standard InChI is InChI=1S/C28H30ClNO5/c1-18(2)34-25-14-11-22(29)17-24(25)26(31)30-16-15-19-5-7-20(8-6-19)21-9-12-23(13-10-21)35-28(3,4)27(32)33/h5-14,17-18H,15-16H2,1-4H3,(H,30,31)(H,32,33). The maximum absolute atomic E-state index is 12.7. The van der Waals surface area contributed by atoms with E-state index in [1.807, 2.05) is 50.2 Å². The summed E-state index contributed by atoms with van der Waals surface area (Å²) in [7, 11) is 0. The highest BCUT2D eigenvalue weighted by Gasteiger charge is 2.29. The molecule has 0 radical (unpaired) electrons. The molecule has 0 fully saturated rings. The van der Waals surface area contributed by atoms with E-state index in [0.29, 0.717) is 35.1 Å². The van der Waals surface area contributed by atoms with Crippen molar-refractivity contribution in [3.05, 3.63) is 82.9 Å². The Morgan fingerprint density at radius 1 is 0.971 bits per heavy atom. The molecule has 3 aromatic carbocycles. The Kier molecular flexibility index (Phi) is 8.41. The summed E-state index contributed by atoms with van der Waals surface area (Å²) < 4.78 is 11.3. The molecule has 2 N–H and O–H groups in total. The van der Waals surface area contributed by atoms with Crippen LogP contribution in [-0.4, -0.2) is 35.2 Å². The van der Waals surface area contributed by atoms with Crippen molar-refractivity contribution < 1.29 is 24.2 Å². The lowest BCUT2D eigenvalue weighted by molar-refractivity contribution is -0.152. The minimum atomic E-state index is -1.30. The summed E-state index contributed by atoms with van der Waals surface area (Å²) in [5.74, 6) is -0.247. The number of carbonyl (C=O) groups is 2. The number of aliphatic carboxylic acids is 1. The van der Waals surface area contributed by atoms with Crippen LogP contribution in [0.1, 0.15) is 43.6 Å². The van der Waals surface area contributed by atoms with Crippen molar-refractivity contribution >= 4 is 23.5 Å². The van der Waals surface area contributed by atoms with Gasteiger partial charge in [0.15, 0.2) is 5.60 Å². The number of benzene rings is 3. The molecule has 0 aliphatic carbocycles. The van der Waals surface area contributed by atoms with Gasteiger partial charge in [0, 0.05) is 11.6 Å². The highest BCUT2D eigenvalue weighted by Crippen LogP contribution is 2.26. The van der Waals surface area contributed by atoms with Crippen LogP contribution in [0.15, 0.2) is 66.7 Å². The zero-order valence-electron chi connectivity index (χ0n) is 20.3. The SMILES string of the molecule is CC(C)Oc1ccc(Cl)cc1C(=O)NCCc1ccc(-c2ccc(OC(C)(C)C(=O)O)cc2)cc1. The molecule has 0 aliphatic heterocycles. The van der Waals surface area contributed by atoms with Crippen LogP contribution in [0.3, 0.4) is 0 Å². The lowest BCUT2D eigenvalue weighted by atomic mass is 10.0. The van der Waals surface area contributed by atoms with Crippen molar-refractivity contribution in [2.24, 2.45) is 0 Å². The molecule has 0 saturated heterocycles. The molecule has 184 valence electrons. The fourth-order valence-corrected chi connectivity index (χ4v) is 3.54. The molecule has 0 spiro atoms. The number of hydrogen-bond donors (Lipinski definition) is 2.